The molecule has 0 spiro atoms. The predicted octanol–water partition coefficient (Wildman–Crippen LogP) is 0.273. The molecule has 0 rings (SSSR count). The lowest BCUT2D eigenvalue weighted by atomic mass is 9.92. The number of amides is 3. The number of guanidine groups is 1. The Hall–Kier alpha value is -2.82. The third-order valence-electron chi connectivity index (χ3n) is 5.36. The average molecular weight is 499 g/mol. The molecule has 0 aromatic heterocycles. The first-order chi connectivity index (χ1) is 16.2. The first kappa shape index (κ1) is 34.3. The van der Waals surface area contributed by atoms with E-state index < -0.39 is 5.54 Å². The number of unbranched alkanes of at least 4 members (excludes halogenated alkanes) is 1. The maximum Gasteiger partial charge on any atom is 0.245 e. The molecule has 0 heterocycles. The molecule has 11 heteroatoms. The quantitative estimate of drug-likeness (QED) is 0.107. The molecular weight excluding hydrogens is 448 g/mol. The number of likely N-dealkylation sites (N-methyl/N-ethyl adjacent to an activating group) is 3. The summed E-state index contributed by atoms with van der Waals surface area (Å²) in [7, 11) is 5.26. The lowest BCUT2D eigenvalue weighted by molar-refractivity contribution is -0.134. The Labute approximate surface area is 211 Å². The summed E-state index contributed by atoms with van der Waals surface area (Å²) >= 11 is 0. The number of hydrogen-bond acceptors (Lipinski definition) is 6. The van der Waals surface area contributed by atoms with Gasteiger partial charge in [0.2, 0.25) is 17.7 Å². The molecule has 2 atom stereocenters. The van der Waals surface area contributed by atoms with Gasteiger partial charge in [0, 0.05) is 38.8 Å². The van der Waals surface area contributed by atoms with Crippen molar-refractivity contribution in [3.63, 3.8) is 0 Å². The zero-order valence-corrected chi connectivity index (χ0v) is 23.1. The molecule has 204 valence electrons. The van der Waals surface area contributed by atoms with Crippen molar-refractivity contribution in [1.29, 1.82) is 0 Å². The van der Waals surface area contributed by atoms with Crippen molar-refractivity contribution >= 4 is 23.7 Å². The van der Waals surface area contributed by atoms with Gasteiger partial charge in [0.25, 0.3) is 0 Å². The Morgan fingerprint density at radius 2 is 1.71 bits per heavy atom. The Balaban J connectivity index is 0. The number of rotatable bonds is 15. The Morgan fingerprint density at radius 3 is 2.14 bits per heavy atom. The molecule has 0 fully saturated rings. The number of nitrogens with one attached hydrogen (secondary N) is 4. The first-order valence-corrected chi connectivity index (χ1v) is 12.2. The normalized spacial score (nSPS) is 12.8. The van der Waals surface area contributed by atoms with Crippen molar-refractivity contribution in [2.45, 2.75) is 71.9 Å². The number of nitrogens with zero attached hydrogens (tertiary/aromatic N) is 2. The summed E-state index contributed by atoms with van der Waals surface area (Å²) in [6, 6.07) is -0.230. The van der Waals surface area contributed by atoms with E-state index in [1.54, 1.807) is 46.8 Å². The van der Waals surface area contributed by atoms with E-state index in [1.165, 1.54) is 0 Å². The van der Waals surface area contributed by atoms with E-state index in [1.807, 2.05) is 13.8 Å². The van der Waals surface area contributed by atoms with Crippen LogP contribution in [0.15, 0.2) is 17.3 Å². The fourth-order valence-electron chi connectivity index (χ4n) is 2.75. The van der Waals surface area contributed by atoms with Crippen LogP contribution in [-0.4, -0.2) is 80.9 Å². The van der Waals surface area contributed by atoms with Crippen LogP contribution in [0.5, 0.6) is 0 Å². The van der Waals surface area contributed by atoms with Gasteiger partial charge >= 0.3 is 0 Å². The van der Waals surface area contributed by atoms with Crippen LogP contribution in [0.25, 0.3) is 0 Å². The van der Waals surface area contributed by atoms with Crippen molar-refractivity contribution in [2.75, 3.05) is 40.8 Å². The number of carbonyl (C=O) groups excluding carboxylic acids is 3. The minimum absolute atomic E-state index is 0.0293. The molecule has 8 N–H and O–H groups in total. The van der Waals surface area contributed by atoms with E-state index in [2.05, 4.69) is 32.8 Å². The summed E-state index contributed by atoms with van der Waals surface area (Å²) in [5.74, 6) is -0.416. The lowest BCUT2D eigenvalue weighted by Crippen LogP contribution is -2.58. The van der Waals surface area contributed by atoms with Crippen molar-refractivity contribution in [2.24, 2.45) is 22.4 Å². The molecular formula is C24H50N8O3. The van der Waals surface area contributed by atoms with Gasteiger partial charge in [-0.3, -0.25) is 19.4 Å². The fraction of sp³-hybridized carbons (Fsp3) is 0.750. The highest BCUT2D eigenvalue weighted by Gasteiger charge is 2.34. The summed E-state index contributed by atoms with van der Waals surface area (Å²) in [4.78, 5) is 42.5. The van der Waals surface area contributed by atoms with Crippen LogP contribution in [0.4, 0.5) is 0 Å². The van der Waals surface area contributed by atoms with Crippen molar-refractivity contribution < 1.29 is 14.4 Å². The Kier molecular flexibility index (Phi) is 18.2. The van der Waals surface area contributed by atoms with E-state index in [0.29, 0.717) is 31.6 Å². The Morgan fingerprint density at radius 1 is 1.11 bits per heavy atom. The highest BCUT2D eigenvalue weighted by molar-refractivity contribution is 5.91. The lowest BCUT2D eigenvalue weighted by Gasteiger charge is -2.31. The third-order valence-corrected chi connectivity index (χ3v) is 5.36. The first-order valence-electron chi connectivity index (χ1n) is 12.2. The van der Waals surface area contributed by atoms with Crippen molar-refractivity contribution in [3.05, 3.63) is 12.3 Å². The molecule has 0 aliphatic rings. The van der Waals surface area contributed by atoms with E-state index in [9.17, 15) is 14.4 Å². The van der Waals surface area contributed by atoms with Crippen LogP contribution in [0.2, 0.25) is 0 Å². The minimum atomic E-state index is -1.02. The van der Waals surface area contributed by atoms with Gasteiger partial charge in [0.15, 0.2) is 5.96 Å². The van der Waals surface area contributed by atoms with Crippen LogP contribution < -0.4 is 32.7 Å². The van der Waals surface area contributed by atoms with Gasteiger partial charge in [0.05, 0.1) is 12.6 Å². The summed E-state index contributed by atoms with van der Waals surface area (Å²) < 4.78 is 0. The monoisotopic (exact) mass is 498 g/mol. The molecule has 35 heavy (non-hydrogen) atoms. The van der Waals surface area contributed by atoms with Crippen LogP contribution in [0.1, 0.15) is 60.3 Å². The van der Waals surface area contributed by atoms with E-state index in [4.69, 9.17) is 11.5 Å². The van der Waals surface area contributed by atoms with E-state index in [0.717, 1.165) is 19.4 Å². The fourth-order valence-corrected chi connectivity index (χ4v) is 2.75. The highest BCUT2D eigenvalue weighted by atomic mass is 16.2. The number of carbonyl (C=O) groups is 3. The highest BCUT2D eigenvalue weighted by Crippen LogP contribution is 2.16. The van der Waals surface area contributed by atoms with Gasteiger partial charge in [-0.2, -0.15) is 0 Å². The second-order valence-corrected chi connectivity index (χ2v) is 9.05. The summed E-state index contributed by atoms with van der Waals surface area (Å²) in [6.45, 7) is 14.6. The van der Waals surface area contributed by atoms with E-state index in [-0.39, 0.29) is 35.6 Å². The molecule has 0 saturated heterocycles. The molecule has 0 bridgehead atoms. The molecule has 0 saturated carbocycles. The van der Waals surface area contributed by atoms with Gasteiger partial charge < -0.3 is 37.6 Å². The average Bonchev–Trinajstić information content (AvgIpc) is 2.82. The van der Waals surface area contributed by atoms with Gasteiger partial charge in [-0.05, 0) is 46.6 Å². The zero-order chi connectivity index (χ0) is 27.6. The van der Waals surface area contributed by atoms with Gasteiger partial charge in [0.1, 0.15) is 5.54 Å². The number of aliphatic imine (C=N–C) groups is 1. The van der Waals surface area contributed by atoms with Crippen LogP contribution in [-0.2, 0) is 14.4 Å². The van der Waals surface area contributed by atoms with Gasteiger partial charge in [-0.1, -0.05) is 27.4 Å². The molecule has 0 aromatic rings. The number of hydrogen-bond donors (Lipinski definition) is 6. The largest absolute Gasteiger partial charge is 0.390 e. The van der Waals surface area contributed by atoms with Gasteiger partial charge in [-0.25, -0.2) is 0 Å². The second-order valence-electron chi connectivity index (χ2n) is 9.05. The van der Waals surface area contributed by atoms with E-state index >= 15 is 0 Å². The third kappa shape index (κ3) is 15.7. The Bertz CT molecular complexity index is 692. The van der Waals surface area contributed by atoms with Gasteiger partial charge in [-0.15, -0.1) is 0 Å². The second kappa shape index (κ2) is 18.5. The number of nitrogens with two attached hydrogens (primary N) is 2. The topological polar surface area (TPSA) is 167 Å². The molecule has 3 amide bonds. The standard InChI is InChI=1S/C20H39N5O3.C4H11N3/c1-14(2)17(26)24-20(5,19(28)23-13-15(3)21-6)11-9-10-12-25(8)18(27)16(4)22-7;1-2-3-7-4(5)6/h14,16,21-22H,3,9-13H2,1-2,4-8H3,(H,23,28)(H,24,26);2-3H2,1H3,(H4,5,6,7)/t16?,20-;/m1./s1. The molecule has 0 aromatic carbocycles. The van der Waals surface area contributed by atoms with Crippen LogP contribution in [0, 0.1) is 5.92 Å². The summed E-state index contributed by atoms with van der Waals surface area (Å²) in [5, 5.41) is 11.5. The van der Waals surface area contributed by atoms with Crippen LogP contribution in [0.3, 0.4) is 0 Å². The molecule has 1 unspecified atom stereocenters. The maximum atomic E-state index is 12.7. The maximum absolute atomic E-state index is 12.7. The molecule has 0 radical (unpaired) electrons. The molecule has 0 aliphatic carbocycles. The summed E-state index contributed by atoms with van der Waals surface area (Å²) in [6.07, 6.45) is 2.91. The van der Waals surface area contributed by atoms with Crippen molar-refractivity contribution in [1.82, 2.24) is 26.2 Å². The minimum Gasteiger partial charge on any atom is -0.390 e. The molecule has 0 aliphatic heterocycles. The van der Waals surface area contributed by atoms with Crippen molar-refractivity contribution in [3.8, 4) is 0 Å². The summed E-state index contributed by atoms with van der Waals surface area (Å²) in [5.41, 5.74) is 9.68. The SMILES string of the molecule is C=C(CNC(=O)[C@@](C)(CCCCN(C)C(=O)C(C)NC)NC(=O)C(C)C)NC.CCCN=C(N)N. The predicted molar refractivity (Wildman–Crippen MR) is 144 cm³/mol. The smallest absolute Gasteiger partial charge is 0.245 e. The molecule has 11 nitrogen and oxygen atoms in total. The van der Waals surface area contributed by atoms with Crippen LogP contribution >= 0.6 is 0 Å². The zero-order valence-electron chi connectivity index (χ0n) is 23.1.